The first-order chi connectivity index (χ1) is 8.24. The lowest BCUT2D eigenvalue weighted by Crippen LogP contribution is -2.12. The summed E-state index contributed by atoms with van der Waals surface area (Å²) >= 11 is 5.55. The topological polar surface area (TPSA) is 43.8 Å². The summed E-state index contributed by atoms with van der Waals surface area (Å²) in [6.07, 6.45) is 2.61. The molecule has 0 amide bonds. The van der Waals surface area contributed by atoms with Crippen molar-refractivity contribution >= 4 is 44.7 Å². The van der Waals surface area contributed by atoms with Crippen LogP contribution in [0.25, 0.3) is 11.0 Å². The summed E-state index contributed by atoms with van der Waals surface area (Å²) in [4.78, 5) is 4.41. The Morgan fingerprint density at radius 1 is 1.53 bits per heavy atom. The first-order valence-corrected chi connectivity index (χ1v) is 7.61. The number of nitrogen functional groups attached to an aromatic ring is 1. The molecule has 0 spiro atoms. The predicted molar refractivity (Wildman–Crippen MR) is 77.3 cm³/mol. The van der Waals surface area contributed by atoms with E-state index >= 15 is 0 Å². The second-order valence-corrected chi connectivity index (χ2v) is 6.67. The highest BCUT2D eigenvalue weighted by molar-refractivity contribution is 9.10. The highest BCUT2D eigenvalue weighted by atomic mass is 79.9. The third-order valence-corrected chi connectivity index (χ3v) is 5.02. The number of halogens is 1. The summed E-state index contributed by atoms with van der Waals surface area (Å²) in [6, 6.07) is 6.11. The summed E-state index contributed by atoms with van der Waals surface area (Å²) in [5, 5.41) is 0.689. The zero-order valence-corrected chi connectivity index (χ0v) is 11.8. The molecular weight excluding hydrogens is 298 g/mol. The minimum atomic E-state index is 0.630. The number of hydrogen-bond acceptors (Lipinski definition) is 3. The second-order valence-electron chi connectivity index (χ2n) is 4.35. The van der Waals surface area contributed by atoms with Crippen molar-refractivity contribution in [3.8, 4) is 0 Å². The summed E-state index contributed by atoms with van der Waals surface area (Å²) in [5.74, 6) is 1.91. The third kappa shape index (κ3) is 2.18. The Morgan fingerprint density at radius 3 is 3.18 bits per heavy atom. The number of nitrogens with zero attached hydrogens (tertiary/aromatic N) is 2. The van der Waals surface area contributed by atoms with Crippen molar-refractivity contribution in [2.45, 2.75) is 24.6 Å². The lowest BCUT2D eigenvalue weighted by Gasteiger charge is -2.11. The Balaban J connectivity index is 2.01. The first kappa shape index (κ1) is 11.4. The van der Waals surface area contributed by atoms with Gasteiger partial charge in [0.1, 0.15) is 0 Å². The van der Waals surface area contributed by atoms with Crippen molar-refractivity contribution < 1.29 is 0 Å². The van der Waals surface area contributed by atoms with E-state index in [9.17, 15) is 0 Å². The molecular formula is C12H14BrN3S. The van der Waals surface area contributed by atoms with Gasteiger partial charge in [0, 0.05) is 16.3 Å². The molecule has 2 aromatic rings. The molecule has 3 nitrogen and oxygen atoms in total. The van der Waals surface area contributed by atoms with Gasteiger partial charge < -0.3 is 10.3 Å². The molecule has 0 saturated carbocycles. The van der Waals surface area contributed by atoms with Crippen LogP contribution in [0.15, 0.2) is 22.7 Å². The van der Waals surface area contributed by atoms with E-state index in [1.807, 2.05) is 23.9 Å². The molecule has 1 aliphatic heterocycles. The molecule has 1 aromatic carbocycles. The number of benzene rings is 1. The fourth-order valence-electron chi connectivity index (χ4n) is 2.30. The lowest BCUT2D eigenvalue weighted by atomic mass is 10.2. The second kappa shape index (κ2) is 4.53. The molecule has 0 aliphatic carbocycles. The molecule has 17 heavy (non-hydrogen) atoms. The number of thioether (sulfide) groups is 1. The van der Waals surface area contributed by atoms with Gasteiger partial charge in [-0.1, -0.05) is 15.9 Å². The average Bonchev–Trinajstić information content (AvgIpc) is 2.90. The van der Waals surface area contributed by atoms with Crippen molar-refractivity contribution in [3.05, 3.63) is 22.7 Å². The molecule has 1 saturated heterocycles. The van der Waals surface area contributed by atoms with Gasteiger partial charge in [0.15, 0.2) is 0 Å². The quantitative estimate of drug-likeness (QED) is 0.925. The van der Waals surface area contributed by atoms with Crippen molar-refractivity contribution in [1.29, 1.82) is 0 Å². The number of rotatable bonds is 2. The van der Waals surface area contributed by atoms with Crippen LogP contribution in [0, 0.1) is 0 Å². The predicted octanol–water partition coefficient (Wildman–Crippen LogP) is 3.28. The third-order valence-electron chi connectivity index (χ3n) is 3.15. The zero-order chi connectivity index (χ0) is 11.8. The van der Waals surface area contributed by atoms with Gasteiger partial charge in [0.05, 0.1) is 11.0 Å². The van der Waals surface area contributed by atoms with Crippen LogP contribution in [0.4, 0.5) is 5.95 Å². The van der Waals surface area contributed by atoms with Gasteiger partial charge >= 0.3 is 0 Å². The van der Waals surface area contributed by atoms with Gasteiger partial charge in [-0.3, -0.25) is 0 Å². The number of aromatic nitrogens is 2. The number of imidazole rings is 1. The summed E-state index contributed by atoms with van der Waals surface area (Å²) in [5.41, 5.74) is 8.12. The first-order valence-electron chi connectivity index (χ1n) is 5.77. The van der Waals surface area contributed by atoms with E-state index in [0.717, 1.165) is 22.1 Å². The van der Waals surface area contributed by atoms with E-state index in [2.05, 4.69) is 31.5 Å². The Labute approximate surface area is 113 Å². The molecule has 1 aromatic heterocycles. The van der Waals surface area contributed by atoms with E-state index in [4.69, 9.17) is 5.73 Å². The van der Waals surface area contributed by atoms with E-state index in [1.54, 1.807) is 0 Å². The van der Waals surface area contributed by atoms with Crippen LogP contribution < -0.4 is 5.73 Å². The Hall–Kier alpha value is -0.680. The molecule has 1 atom stereocenters. The van der Waals surface area contributed by atoms with E-state index < -0.39 is 0 Å². The smallest absolute Gasteiger partial charge is 0.201 e. The zero-order valence-electron chi connectivity index (χ0n) is 9.40. The van der Waals surface area contributed by atoms with Crippen molar-refractivity contribution in [2.24, 2.45) is 0 Å². The molecule has 0 bridgehead atoms. The van der Waals surface area contributed by atoms with Gasteiger partial charge in [-0.25, -0.2) is 4.98 Å². The minimum absolute atomic E-state index is 0.630. The van der Waals surface area contributed by atoms with Gasteiger partial charge in [-0.2, -0.15) is 11.8 Å². The van der Waals surface area contributed by atoms with Crippen molar-refractivity contribution in [1.82, 2.24) is 9.55 Å². The SMILES string of the molecule is Nc1nc2ccc(Br)cc2n1CC1CCCS1. The minimum Gasteiger partial charge on any atom is -0.369 e. The maximum Gasteiger partial charge on any atom is 0.201 e. The standard InChI is InChI=1S/C12H14BrN3S/c13-8-3-4-10-11(6-8)16(12(14)15-10)7-9-2-1-5-17-9/h3-4,6,9H,1-2,5,7H2,(H2,14,15). The largest absolute Gasteiger partial charge is 0.369 e. The summed E-state index contributed by atoms with van der Waals surface area (Å²) in [7, 11) is 0. The van der Waals surface area contributed by atoms with Crippen molar-refractivity contribution in [3.63, 3.8) is 0 Å². The van der Waals surface area contributed by atoms with Crippen LogP contribution >= 0.6 is 27.7 Å². The molecule has 2 N–H and O–H groups in total. The van der Waals surface area contributed by atoms with Crippen LogP contribution in [-0.4, -0.2) is 20.6 Å². The summed E-state index contributed by atoms with van der Waals surface area (Å²) < 4.78 is 3.22. The van der Waals surface area contributed by atoms with Gasteiger partial charge in [-0.15, -0.1) is 0 Å². The molecule has 2 heterocycles. The Bertz CT molecular complexity index is 546. The van der Waals surface area contributed by atoms with Crippen LogP contribution in [0.3, 0.4) is 0 Å². The molecule has 5 heteroatoms. The van der Waals surface area contributed by atoms with Crippen molar-refractivity contribution in [2.75, 3.05) is 11.5 Å². The maximum atomic E-state index is 6.01. The van der Waals surface area contributed by atoms with Crippen LogP contribution in [0.5, 0.6) is 0 Å². The highest BCUT2D eigenvalue weighted by Crippen LogP contribution is 2.30. The van der Waals surface area contributed by atoms with Gasteiger partial charge in [-0.05, 0) is 36.8 Å². The Morgan fingerprint density at radius 2 is 2.41 bits per heavy atom. The number of fused-ring (bicyclic) bond motifs is 1. The number of hydrogen-bond donors (Lipinski definition) is 1. The van der Waals surface area contributed by atoms with E-state index in [-0.39, 0.29) is 0 Å². The van der Waals surface area contributed by atoms with Crippen LogP contribution in [0.2, 0.25) is 0 Å². The summed E-state index contributed by atoms with van der Waals surface area (Å²) in [6.45, 7) is 0.976. The fourth-order valence-corrected chi connectivity index (χ4v) is 3.90. The highest BCUT2D eigenvalue weighted by Gasteiger charge is 2.18. The number of nitrogens with two attached hydrogens (primary N) is 1. The Kier molecular flexibility index (Phi) is 3.04. The maximum absolute atomic E-state index is 6.01. The molecule has 90 valence electrons. The lowest BCUT2D eigenvalue weighted by molar-refractivity contribution is 0.658. The fraction of sp³-hybridized carbons (Fsp3) is 0.417. The van der Waals surface area contributed by atoms with E-state index in [1.165, 1.54) is 18.6 Å². The molecule has 1 aliphatic rings. The molecule has 1 fully saturated rings. The van der Waals surface area contributed by atoms with Crippen LogP contribution in [-0.2, 0) is 6.54 Å². The average molecular weight is 312 g/mol. The van der Waals surface area contributed by atoms with Crippen LogP contribution in [0.1, 0.15) is 12.8 Å². The number of anilines is 1. The normalized spacial score (nSPS) is 20.2. The van der Waals surface area contributed by atoms with E-state index in [0.29, 0.717) is 11.2 Å². The molecule has 3 rings (SSSR count). The van der Waals surface area contributed by atoms with Gasteiger partial charge in [0.25, 0.3) is 0 Å². The van der Waals surface area contributed by atoms with Gasteiger partial charge in [0.2, 0.25) is 5.95 Å². The molecule has 1 unspecified atom stereocenters. The molecule has 0 radical (unpaired) electrons. The monoisotopic (exact) mass is 311 g/mol.